The van der Waals surface area contributed by atoms with Gasteiger partial charge in [-0.2, -0.15) is 0 Å². The first kappa shape index (κ1) is 14.5. The van der Waals surface area contributed by atoms with E-state index in [1.54, 1.807) is 19.1 Å². The summed E-state index contributed by atoms with van der Waals surface area (Å²) < 4.78 is 24.3. The van der Waals surface area contributed by atoms with Gasteiger partial charge in [0.25, 0.3) is 0 Å². The highest BCUT2D eigenvalue weighted by Gasteiger charge is 2.10. The summed E-state index contributed by atoms with van der Waals surface area (Å²) in [5, 5.41) is 0.661. The predicted molar refractivity (Wildman–Crippen MR) is 77.8 cm³/mol. The van der Waals surface area contributed by atoms with Crippen molar-refractivity contribution in [3.63, 3.8) is 0 Å². The molecule has 0 aromatic heterocycles. The van der Waals surface area contributed by atoms with Gasteiger partial charge in [0, 0.05) is 17.2 Å². The summed E-state index contributed by atoms with van der Waals surface area (Å²) in [6.07, 6.45) is 0. The SMILES string of the molecule is CCOc1cc(OCc2ccc(Cl)cc2)c(N)cc1F. The van der Waals surface area contributed by atoms with Gasteiger partial charge >= 0.3 is 0 Å². The largest absolute Gasteiger partial charge is 0.491 e. The molecule has 0 saturated heterocycles. The zero-order chi connectivity index (χ0) is 14.5. The van der Waals surface area contributed by atoms with E-state index in [0.29, 0.717) is 24.0 Å². The van der Waals surface area contributed by atoms with Crippen LogP contribution in [0, 0.1) is 5.82 Å². The Kier molecular flexibility index (Phi) is 4.69. The number of rotatable bonds is 5. The van der Waals surface area contributed by atoms with E-state index in [1.807, 2.05) is 12.1 Å². The maximum absolute atomic E-state index is 13.5. The van der Waals surface area contributed by atoms with E-state index in [-0.39, 0.29) is 11.4 Å². The second kappa shape index (κ2) is 6.48. The number of nitrogen functional groups attached to an aromatic ring is 1. The molecule has 0 atom stereocenters. The van der Waals surface area contributed by atoms with Crippen molar-refractivity contribution < 1.29 is 13.9 Å². The fourth-order valence-electron chi connectivity index (χ4n) is 1.68. The molecule has 0 saturated carbocycles. The van der Waals surface area contributed by atoms with Crippen molar-refractivity contribution in [2.75, 3.05) is 12.3 Å². The smallest absolute Gasteiger partial charge is 0.167 e. The zero-order valence-corrected chi connectivity index (χ0v) is 11.8. The van der Waals surface area contributed by atoms with Crippen LogP contribution in [0.2, 0.25) is 5.02 Å². The van der Waals surface area contributed by atoms with E-state index < -0.39 is 5.82 Å². The molecule has 0 spiro atoms. The molecule has 2 rings (SSSR count). The molecule has 0 aliphatic heterocycles. The number of anilines is 1. The fraction of sp³-hybridized carbons (Fsp3) is 0.200. The molecule has 0 amide bonds. The van der Waals surface area contributed by atoms with Gasteiger partial charge in [0.2, 0.25) is 0 Å². The Morgan fingerprint density at radius 2 is 1.80 bits per heavy atom. The first-order valence-electron chi connectivity index (χ1n) is 6.19. The summed E-state index contributed by atoms with van der Waals surface area (Å²) in [6.45, 7) is 2.47. The van der Waals surface area contributed by atoms with Crippen LogP contribution >= 0.6 is 11.6 Å². The normalized spacial score (nSPS) is 10.3. The number of ether oxygens (including phenoxy) is 2. The zero-order valence-electron chi connectivity index (χ0n) is 11.0. The summed E-state index contributed by atoms with van der Waals surface area (Å²) in [4.78, 5) is 0. The molecule has 2 N–H and O–H groups in total. The Labute approximate surface area is 122 Å². The molecule has 106 valence electrons. The minimum atomic E-state index is -0.497. The summed E-state index contributed by atoms with van der Waals surface area (Å²) in [5.41, 5.74) is 6.91. The Balaban J connectivity index is 2.12. The van der Waals surface area contributed by atoms with E-state index in [4.69, 9.17) is 26.8 Å². The Morgan fingerprint density at radius 3 is 2.45 bits per heavy atom. The van der Waals surface area contributed by atoms with Crippen LogP contribution < -0.4 is 15.2 Å². The predicted octanol–water partition coefficient (Wildman–Crippen LogP) is 4.04. The lowest BCUT2D eigenvalue weighted by atomic mass is 10.2. The summed E-state index contributed by atoms with van der Waals surface area (Å²) in [6, 6.07) is 9.92. The van der Waals surface area contributed by atoms with Crippen LogP contribution in [0.1, 0.15) is 12.5 Å². The lowest BCUT2D eigenvalue weighted by molar-refractivity contribution is 0.295. The van der Waals surface area contributed by atoms with Crippen molar-refractivity contribution in [1.82, 2.24) is 0 Å². The summed E-state index contributed by atoms with van der Waals surface area (Å²) >= 11 is 5.81. The van der Waals surface area contributed by atoms with Gasteiger partial charge in [-0.1, -0.05) is 23.7 Å². The third-order valence-electron chi connectivity index (χ3n) is 2.67. The first-order chi connectivity index (χ1) is 9.60. The average molecular weight is 296 g/mol. The van der Waals surface area contributed by atoms with E-state index >= 15 is 0 Å². The Morgan fingerprint density at radius 1 is 1.10 bits per heavy atom. The van der Waals surface area contributed by atoms with Crippen LogP contribution in [0.4, 0.5) is 10.1 Å². The molecule has 0 fully saturated rings. The number of hydrogen-bond donors (Lipinski definition) is 1. The highest BCUT2D eigenvalue weighted by Crippen LogP contribution is 2.30. The van der Waals surface area contributed by atoms with Gasteiger partial charge in [-0.25, -0.2) is 4.39 Å². The van der Waals surface area contributed by atoms with Gasteiger partial charge in [-0.3, -0.25) is 0 Å². The van der Waals surface area contributed by atoms with Crippen LogP contribution in [0.15, 0.2) is 36.4 Å². The second-order valence-electron chi connectivity index (χ2n) is 4.17. The average Bonchev–Trinajstić information content (AvgIpc) is 2.42. The van der Waals surface area contributed by atoms with Crippen molar-refractivity contribution in [1.29, 1.82) is 0 Å². The highest BCUT2D eigenvalue weighted by atomic mass is 35.5. The van der Waals surface area contributed by atoms with Crippen molar-refractivity contribution in [2.24, 2.45) is 0 Å². The Bertz CT molecular complexity index is 587. The number of benzene rings is 2. The number of halogens is 2. The van der Waals surface area contributed by atoms with Crippen LogP contribution in [0.5, 0.6) is 11.5 Å². The molecule has 0 aliphatic carbocycles. The molecule has 0 heterocycles. The maximum Gasteiger partial charge on any atom is 0.167 e. The summed E-state index contributed by atoms with van der Waals surface area (Å²) in [5.74, 6) is 0.0285. The highest BCUT2D eigenvalue weighted by molar-refractivity contribution is 6.30. The van der Waals surface area contributed by atoms with E-state index in [9.17, 15) is 4.39 Å². The standard InChI is InChI=1S/C15H15ClFNO2/c1-2-19-14-8-15(13(18)7-12(14)17)20-9-10-3-5-11(16)6-4-10/h3-8H,2,9,18H2,1H3. The van der Waals surface area contributed by atoms with Gasteiger partial charge < -0.3 is 15.2 Å². The third kappa shape index (κ3) is 3.54. The lowest BCUT2D eigenvalue weighted by Crippen LogP contribution is -2.02. The lowest BCUT2D eigenvalue weighted by Gasteiger charge is -2.12. The topological polar surface area (TPSA) is 44.5 Å². The molecule has 0 radical (unpaired) electrons. The van der Waals surface area contributed by atoms with Gasteiger partial charge in [-0.05, 0) is 24.6 Å². The number of hydrogen-bond acceptors (Lipinski definition) is 3. The second-order valence-corrected chi connectivity index (χ2v) is 4.61. The van der Waals surface area contributed by atoms with Crippen molar-refractivity contribution >= 4 is 17.3 Å². The monoisotopic (exact) mass is 295 g/mol. The fourth-order valence-corrected chi connectivity index (χ4v) is 1.81. The van der Waals surface area contributed by atoms with Crippen molar-refractivity contribution in [3.8, 4) is 11.5 Å². The minimum Gasteiger partial charge on any atom is -0.491 e. The van der Waals surface area contributed by atoms with Gasteiger partial charge in [0.15, 0.2) is 11.6 Å². The van der Waals surface area contributed by atoms with Crippen molar-refractivity contribution in [3.05, 3.63) is 52.8 Å². The van der Waals surface area contributed by atoms with E-state index in [2.05, 4.69) is 0 Å². The molecular formula is C15H15ClFNO2. The molecule has 3 nitrogen and oxygen atoms in total. The quantitative estimate of drug-likeness (QED) is 0.847. The van der Waals surface area contributed by atoms with Gasteiger partial charge in [-0.15, -0.1) is 0 Å². The molecule has 0 aliphatic rings. The molecule has 0 bridgehead atoms. The van der Waals surface area contributed by atoms with Gasteiger partial charge in [0.1, 0.15) is 12.4 Å². The molecule has 2 aromatic rings. The van der Waals surface area contributed by atoms with Crippen LogP contribution in [-0.2, 0) is 6.61 Å². The minimum absolute atomic E-state index is 0.132. The molecular weight excluding hydrogens is 281 g/mol. The molecule has 20 heavy (non-hydrogen) atoms. The van der Waals surface area contributed by atoms with Crippen LogP contribution in [-0.4, -0.2) is 6.61 Å². The molecule has 5 heteroatoms. The van der Waals surface area contributed by atoms with Crippen LogP contribution in [0.3, 0.4) is 0 Å². The Hall–Kier alpha value is -1.94. The van der Waals surface area contributed by atoms with E-state index in [0.717, 1.165) is 5.56 Å². The maximum atomic E-state index is 13.5. The van der Waals surface area contributed by atoms with Crippen molar-refractivity contribution in [2.45, 2.75) is 13.5 Å². The van der Waals surface area contributed by atoms with E-state index in [1.165, 1.54) is 12.1 Å². The molecule has 0 unspecified atom stereocenters. The van der Waals surface area contributed by atoms with Gasteiger partial charge in [0.05, 0.1) is 12.3 Å². The third-order valence-corrected chi connectivity index (χ3v) is 2.92. The molecule has 2 aromatic carbocycles. The first-order valence-corrected chi connectivity index (χ1v) is 6.57. The van der Waals surface area contributed by atoms with Crippen LogP contribution in [0.25, 0.3) is 0 Å². The number of nitrogens with two attached hydrogens (primary N) is 1. The summed E-state index contributed by atoms with van der Waals surface area (Å²) in [7, 11) is 0.